The van der Waals surface area contributed by atoms with E-state index < -0.39 is 0 Å². The Labute approximate surface area is 99.9 Å². The van der Waals surface area contributed by atoms with Crippen molar-refractivity contribution in [3.63, 3.8) is 0 Å². The number of benzene rings is 1. The van der Waals surface area contributed by atoms with Crippen molar-refractivity contribution in [2.45, 2.75) is 23.8 Å². The van der Waals surface area contributed by atoms with E-state index in [1.165, 1.54) is 16.0 Å². The summed E-state index contributed by atoms with van der Waals surface area (Å²) < 4.78 is 0. The Balaban J connectivity index is 2.24. The smallest absolute Gasteiger partial charge is 0.124 e. The summed E-state index contributed by atoms with van der Waals surface area (Å²) in [6, 6.07) is 12.1. The Hall–Kier alpha value is -1.48. The topological polar surface area (TPSA) is 38.9 Å². The summed E-state index contributed by atoms with van der Waals surface area (Å²) in [7, 11) is 0. The minimum absolute atomic E-state index is 0.564. The summed E-state index contributed by atoms with van der Waals surface area (Å²) in [6.45, 7) is 4.23. The average molecular weight is 230 g/mol. The first kappa shape index (κ1) is 11.0. The lowest BCUT2D eigenvalue weighted by molar-refractivity contribution is 1.14. The fourth-order valence-corrected chi connectivity index (χ4v) is 2.30. The summed E-state index contributed by atoms with van der Waals surface area (Å²) in [4.78, 5) is 5.46. The fraction of sp³-hybridized carbons (Fsp3) is 0.154. The van der Waals surface area contributed by atoms with Crippen molar-refractivity contribution in [3.05, 3.63) is 47.5 Å². The Morgan fingerprint density at radius 2 is 1.88 bits per heavy atom. The van der Waals surface area contributed by atoms with Gasteiger partial charge in [-0.2, -0.15) is 0 Å². The van der Waals surface area contributed by atoms with Gasteiger partial charge in [-0.15, -0.1) is 0 Å². The summed E-state index contributed by atoms with van der Waals surface area (Å²) in [5.41, 5.74) is 8.25. The van der Waals surface area contributed by atoms with Gasteiger partial charge in [-0.1, -0.05) is 23.9 Å². The van der Waals surface area contributed by atoms with Crippen LogP contribution < -0.4 is 5.73 Å². The molecule has 0 saturated heterocycles. The van der Waals surface area contributed by atoms with Crippen LogP contribution in [-0.2, 0) is 0 Å². The zero-order valence-electron chi connectivity index (χ0n) is 9.40. The largest absolute Gasteiger partial charge is 0.384 e. The van der Waals surface area contributed by atoms with E-state index in [0.29, 0.717) is 5.82 Å². The van der Waals surface area contributed by atoms with Crippen molar-refractivity contribution < 1.29 is 0 Å². The molecule has 1 heterocycles. The van der Waals surface area contributed by atoms with Gasteiger partial charge in [0.15, 0.2) is 0 Å². The highest BCUT2D eigenvalue weighted by Crippen LogP contribution is 2.27. The lowest BCUT2D eigenvalue weighted by atomic mass is 10.1. The first-order valence-electron chi connectivity index (χ1n) is 5.13. The van der Waals surface area contributed by atoms with E-state index in [2.05, 4.69) is 37.0 Å². The summed E-state index contributed by atoms with van der Waals surface area (Å²) in [6.07, 6.45) is 0. The molecule has 1 aromatic heterocycles. The highest BCUT2D eigenvalue weighted by Gasteiger charge is 2.00. The molecule has 1 aromatic carbocycles. The van der Waals surface area contributed by atoms with Crippen molar-refractivity contribution >= 4 is 17.6 Å². The van der Waals surface area contributed by atoms with Gasteiger partial charge < -0.3 is 5.73 Å². The molecule has 2 aromatic rings. The van der Waals surface area contributed by atoms with Crippen molar-refractivity contribution in [1.82, 2.24) is 4.98 Å². The Bertz CT molecular complexity index is 509. The molecule has 3 heteroatoms. The number of aryl methyl sites for hydroxylation is 2. The average Bonchev–Trinajstić information content (AvgIpc) is 2.24. The maximum absolute atomic E-state index is 5.64. The molecule has 2 nitrogen and oxygen atoms in total. The van der Waals surface area contributed by atoms with Gasteiger partial charge in [-0.05, 0) is 49.2 Å². The van der Waals surface area contributed by atoms with Crippen LogP contribution in [-0.4, -0.2) is 4.98 Å². The van der Waals surface area contributed by atoms with Crippen molar-refractivity contribution in [1.29, 1.82) is 0 Å². The van der Waals surface area contributed by atoms with Crippen LogP contribution in [0.1, 0.15) is 11.1 Å². The molecule has 2 N–H and O–H groups in total. The molecule has 0 spiro atoms. The molecule has 0 radical (unpaired) electrons. The molecule has 0 atom stereocenters. The van der Waals surface area contributed by atoms with E-state index in [1.807, 2.05) is 12.1 Å². The highest BCUT2D eigenvalue weighted by atomic mass is 32.2. The van der Waals surface area contributed by atoms with Gasteiger partial charge in [0.05, 0.1) is 0 Å². The van der Waals surface area contributed by atoms with E-state index >= 15 is 0 Å². The van der Waals surface area contributed by atoms with Crippen LogP contribution in [0.2, 0.25) is 0 Å². The van der Waals surface area contributed by atoms with E-state index in [0.717, 1.165) is 5.03 Å². The minimum Gasteiger partial charge on any atom is -0.384 e. The molecule has 0 fully saturated rings. The zero-order chi connectivity index (χ0) is 11.5. The molecular weight excluding hydrogens is 216 g/mol. The summed E-state index contributed by atoms with van der Waals surface area (Å²) in [5.74, 6) is 0.564. The lowest BCUT2D eigenvalue weighted by Crippen LogP contribution is -1.90. The highest BCUT2D eigenvalue weighted by molar-refractivity contribution is 7.99. The first-order chi connectivity index (χ1) is 7.65. The number of hydrogen-bond donors (Lipinski definition) is 1. The van der Waals surface area contributed by atoms with Crippen LogP contribution in [0.4, 0.5) is 5.82 Å². The van der Waals surface area contributed by atoms with E-state index in [1.54, 1.807) is 17.8 Å². The van der Waals surface area contributed by atoms with E-state index in [4.69, 9.17) is 5.73 Å². The SMILES string of the molecule is Cc1ccc(Sc2cccc(N)n2)cc1C. The Morgan fingerprint density at radius 3 is 2.56 bits per heavy atom. The van der Waals surface area contributed by atoms with Gasteiger partial charge in [0, 0.05) is 4.90 Å². The van der Waals surface area contributed by atoms with Crippen molar-refractivity contribution in [2.24, 2.45) is 0 Å². The second kappa shape index (κ2) is 4.58. The Morgan fingerprint density at radius 1 is 1.06 bits per heavy atom. The zero-order valence-corrected chi connectivity index (χ0v) is 10.2. The van der Waals surface area contributed by atoms with Gasteiger partial charge in [0.2, 0.25) is 0 Å². The predicted octanol–water partition coefficient (Wildman–Crippen LogP) is 3.43. The number of nitrogen functional groups attached to an aromatic ring is 1. The number of rotatable bonds is 2. The van der Waals surface area contributed by atoms with Crippen LogP contribution in [0, 0.1) is 13.8 Å². The van der Waals surface area contributed by atoms with Gasteiger partial charge in [-0.25, -0.2) is 4.98 Å². The van der Waals surface area contributed by atoms with Crippen LogP contribution >= 0.6 is 11.8 Å². The van der Waals surface area contributed by atoms with E-state index in [-0.39, 0.29) is 0 Å². The standard InChI is InChI=1S/C13H14N2S/c1-9-6-7-11(8-10(9)2)16-13-5-3-4-12(14)15-13/h3-8H,1-2H3,(H2,14,15). The minimum atomic E-state index is 0.564. The number of nitrogens with zero attached hydrogens (tertiary/aromatic N) is 1. The first-order valence-corrected chi connectivity index (χ1v) is 5.94. The van der Waals surface area contributed by atoms with E-state index in [9.17, 15) is 0 Å². The maximum Gasteiger partial charge on any atom is 0.124 e. The van der Waals surface area contributed by atoms with Crippen LogP contribution in [0.15, 0.2) is 46.3 Å². The molecule has 2 rings (SSSR count). The van der Waals surface area contributed by atoms with Crippen LogP contribution in [0.25, 0.3) is 0 Å². The Kier molecular flexibility index (Phi) is 3.15. The number of hydrogen-bond acceptors (Lipinski definition) is 3. The molecule has 0 aliphatic rings. The second-order valence-corrected chi connectivity index (χ2v) is 4.84. The molecular formula is C13H14N2S. The third-order valence-corrected chi connectivity index (χ3v) is 3.37. The summed E-state index contributed by atoms with van der Waals surface area (Å²) >= 11 is 1.63. The van der Waals surface area contributed by atoms with Crippen LogP contribution in [0.5, 0.6) is 0 Å². The quantitative estimate of drug-likeness (QED) is 0.859. The number of anilines is 1. The number of pyridine rings is 1. The molecule has 0 aliphatic carbocycles. The molecule has 0 saturated carbocycles. The third kappa shape index (κ3) is 2.55. The molecule has 0 aliphatic heterocycles. The van der Waals surface area contributed by atoms with Gasteiger partial charge in [0.1, 0.15) is 10.8 Å². The molecule has 82 valence electrons. The van der Waals surface area contributed by atoms with Crippen molar-refractivity contribution in [3.8, 4) is 0 Å². The molecule has 0 bridgehead atoms. The fourth-order valence-electron chi connectivity index (χ4n) is 1.39. The van der Waals surface area contributed by atoms with Gasteiger partial charge in [0.25, 0.3) is 0 Å². The molecule has 0 amide bonds. The predicted molar refractivity (Wildman–Crippen MR) is 68.7 cm³/mol. The van der Waals surface area contributed by atoms with Crippen LogP contribution in [0.3, 0.4) is 0 Å². The third-order valence-electron chi connectivity index (χ3n) is 2.45. The van der Waals surface area contributed by atoms with Gasteiger partial charge >= 0.3 is 0 Å². The normalized spacial score (nSPS) is 10.4. The van der Waals surface area contributed by atoms with Gasteiger partial charge in [-0.3, -0.25) is 0 Å². The van der Waals surface area contributed by atoms with Crippen molar-refractivity contribution in [2.75, 3.05) is 5.73 Å². The second-order valence-electron chi connectivity index (χ2n) is 3.75. The molecule has 16 heavy (non-hydrogen) atoms. The summed E-state index contributed by atoms with van der Waals surface area (Å²) in [5, 5.41) is 0.934. The number of nitrogens with two attached hydrogens (primary N) is 1. The monoisotopic (exact) mass is 230 g/mol. The molecule has 0 unspecified atom stereocenters. The lowest BCUT2D eigenvalue weighted by Gasteiger charge is -2.04. The maximum atomic E-state index is 5.64. The number of aromatic nitrogens is 1.